The van der Waals surface area contributed by atoms with Crippen LogP contribution in [0.5, 0.6) is 0 Å². The first-order valence-corrected chi connectivity index (χ1v) is 12.7. The Balaban J connectivity index is 1.58. The van der Waals surface area contributed by atoms with Gasteiger partial charge in [-0.15, -0.1) is 0 Å². The highest BCUT2D eigenvalue weighted by Crippen LogP contribution is 2.42. The molecule has 0 aliphatic carbocycles. The Morgan fingerprint density at radius 2 is 0.884 bits per heavy atom. The number of fused-ring (bicyclic) bond motifs is 8. The van der Waals surface area contributed by atoms with E-state index in [1.807, 2.05) is 0 Å². The monoisotopic (exact) mass is 572 g/mol. The highest BCUT2D eigenvalue weighted by molar-refractivity contribution is 6.25. The van der Waals surface area contributed by atoms with Gasteiger partial charge in [0.1, 0.15) is 11.2 Å². The highest BCUT2D eigenvalue weighted by atomic mass is 16.3. The van der Waals surface area contributed by atoms with Crippen LogP contribution in [0.2, 0.25) is 0 Å². The van der Waals surface area contributed by atoms with Crippen molar-refractivity contribution in [1.29, 1.82) is 0 Å². The minimum Gasteiger partial charge on any atom is -0.456 e. The zero-order valence-corrected chi connectivity index (χ0v) is 21.4. The molecule has 0 saturated carbocycles. The van der Waals surface area contributed by atoms with Crippen LogP contribution in [-0.2, 0) is 0 Å². The Morgan fingerprint density at radius 1 is 0.349 bits per heavy atom. The molecule has 0 fully saturated rings. The van der Waals surface area contributed by atoms with E-state index in [1.54, 1.807) is 0 Å². The van der Waals surface area contributed by atoms with Crippen molar-refractivity contribution in [3.05, 3.63) is 157 Å². The van der Waals surface area contributed by atoms with E-state index in [2.05, 4.69) is 0 Å². The second-order valence-electron chi connectivity index (χ2n) is 9.26. The van der Waals surface area contributed by atoms with Crippen molar-refractivity contribution in [2.45, 2.75) is 0 Å². The molecule has 0 aliphatic rings. The van der Waals surface area contributed by atoms with Gasteiger partial charge < -0.3 is 4.42 Å². The molecule has 0 atom stereocenters. The first-order chi connectivity index (χ1) is 32.2. The van der Waals surface area contributed by atoms with Gasteiger partial charge >= 0.3 is 0 Å². The minimum absolute atomic E-state index is 0.398. The van der Waals surface area contributed by atoms with E-state index < -0.39 is 245 Å². The van der Waals surface area contributed by atoms with E-state index in [-0.39, 0.29) is 0 Å². The van der Waals surface area contributed by atoms with Gasteiger partial charge in [-0.05, 0) is 102 Å². The first-order valence-electron chi connectivity index (χ1n) is 25.7. The van der Waals surface area contributed by atoms with E-state index in [0.29, 0.717) is 0 Å². The smallest absolute Gasteiger partial charge is 0.135 e. The highest BCUT2D eigenvalue weighted by Gasteiger charge is 2.15. The Labute approximate surface area is 285 Å². The number of benzene rings is 8. The van der Waals surface area contributed by atoms with Gasteiger partial charge in [-0.1, -0.05) is 121 Å². The topological polar surface area (TPSA) is 13.1 Å². The lowest BCUT2D eigenvalue weighted by Gasteiger charge is -2.16. The van der Waals surface area contributed by atoms with Crippen LogP contribution in [0.15, 0.2) is 162 Å². The van der Waals surface area contributed by atoms with Crippen LogP contribution in [0, 0.1) is 0 Å². The maximum absolute atomic E-state index is 9.92. The average Bonchev–Trinajstić information content (AvgIpc) is 3.73. The Bertz CT molecular complexity index is 3940. The summed E-state index contributed by atoms with van der Waals surface area (Å²) in [6.45, 7) is 0. The van der Waals surface area contributed by atoms with Crippen molar-refractivity contribution in [2.24, 2.45) is 0 Å². The Hall–Kier alpha value is -5.66. The molecule has 0 N–H and O–H groups in total. The number of furan rings is 1. The molecule has 1 heteroatoms. The summed E-state index contributed by atoms with van der Waals surface area (Å²) in [5.74, 6) is 0. The fourth-order valence-electron chi connectivity index (χ4n) is 5.05. The second-order valence-corrected chi connectivity index (χ2v) is 9.26. The van der Waals surface area contributed by atoms with Crippen molar-refractivity contribution >= 4 is 54.3 Å². The molecule has 0 saturated heterocycles. The summed E-state index contributed by atoms with van der Waals surface area (Å²) < 4.78 is 237. The van der Waals surface area contributed by atoms with Crippen molar-refractivity contribution in [3.63, 3.8) is 0 Å². The van der Waals surface area contributed by atoms with Gasteiger partial charge in [-0.25, -0.2) is 0 Å². The fraction of sp³-hybridized carbons (Fsp3) is 0. The lowest BCUT2D eigenvalue weighted by Crippen LogP contribution is -1.89. The van der Waals surface area contributed by atoms with Crippen molar-refractivity contribution in [2.75, 3.05) is 0 Å². The lowest BCUT2D eigenvalue weighted by molar-refractivity contribution is 0.669. The molecule has 200 valence electrons. The standard InChI is InChI=1S/C42H26O/c1-2-11-27(12-3-1)37-25-31-26-38(33-16-5-7-19-36(33)42(31)35-18-6-4-15-32(35)37)30-14-10-13-28(23-30)29-21-22-41-39(24-29)34-17-8-9-20-40(34)43-41/h1-26H/i1D,2D,3D,4D,5D,6D,7D,8D,9D,10D,11D,12D,13D,14D,15D,16D,17D,18D,19D,20D,21D,22D,23D,24D,25D,26D. The number of para-hydroxylation sites is 1. The normalized spacial score (nSPS) is 20.2. The quantitative estimate of drug-likeness (QED) is 0.192. The second kappa shape index (κ2) is 9.44. The van der Waals surface area contributed by atoms with E-state index in [9.17, 15) is 11.0 Å². The van der Waals surface area contributed by atoms with Crippen LogP contribution in [0.4, 0.5) is 0 Å². The van der Waals surface area contributed by atoms with Gasteiger partial charge in [-0.3, -0.25) is 0 Å². The molecule has 0 spiro atoms. The lowest BCUT2D eigenvalue weighted by atomic mass is 9.87. The number of hydrogen-bond donors (Lipinski definition) is 0. The number of rotatable bonds is 3. The van der Waals surface area contributed by atoms with Gasteiger partial charge in [-0.2, -0.15) is 0 Å². The molecule has 9 aromatic rings. The van der Waals surface area contributed by atoms with Crippen LogP contribution in [0.25, 0.3) is 87.6 Å². The van der Waals surface area contributed by atoms with Gasteiger partial charge in [0.05, 0.1) is 35.6 Å². The molecule has 1 aromatic heterocycles. The van der Waals surface area contributed by atoms with Crippen LogP contribution in [0.3, 0.4) is 0 Å². The SMILES string of the molecule is [2H]c1c([2H])c([2H])c(-c2c([2H])c3c([2H])c(-c4c([2H])c([2H])c([2H])c(-c5c([2H])c([2H])c6oc7c([2H])c([2H])c([2H])c([2H])c7c6c5[2H])c4[2H])c4c([2H])c([2H])c([2H])c([2H])c4c3c3c([2H])c([2H])c([2H])c([2H])c23)c([2H])c1[2H]. The molecule has 43 heavy (non-hydrogen) atoms. The maximum Gasteiger partial charge on any atom is 0.135 e. The van der Waals surface area contributed by atoms with E-state index >= 15 is 0 Å². The van der Waals surface area contributed by atoms with Crippen LogP contribution < -0.4 is 0 Å². The molecular weight excluding hydrogens is 520 g/mol. The predicted molar refractivity (Wildman–Crippen MR) is 183 cm³/mol. The third-order valence-electron chi connectivity index (χ3n) is 6.89. The summed E-state index contributed by atoms with van der Waals surface area (Å²) in [4.78, 5) is 0. The Morgan fingerprint density at radius 3 is 1.63 bits per heavy atom. The van der Waals surface area contributed by atoms with E-state index in [1.165, 1.54) is 0 Å². The molecule has 0 bridgehead atoms. The van der Waals surface area contributed by atoms with Gasteiger partial charge in [0.15, 0.2) is 0 Å². The zero-order chi connectivity index (χ0) is 51.0. The van der Waals surface area contributed by atoms with Crippen LogP contribution in [-0.4, -0.2) is 0 Å². The molecule has 0 radical (unpaired) electrons. The summed E-state index contributed by atoms with van der Waals surface area (Å²) >= 11 is 0. The largest absolute Gasteiger partial charge is 0.456 e. The van der Waals surface area contributed by atoms with Gasteiger partial charge in [0.2, 0.25) is 0 Å². The van der Waals surface area contributed by atoms with Crippen LogP contribution >= 0.6 is 0 Å². The molecule has 1 nitrogen and oxygen atoms in total. The predicted octanol–water partition coefficient (Wildman–Crippen LogP) is 12.0. The first kappa shape index (κ1) is 9.69. The number of hydrogen-bond acceptors (Lipinski definition) is 1. The maximum atomic E-state index is 9.92. The van der Waals surface area contributed by atoms with Gasteiger partial charge in [0.25, 0.3) is 0 Å². The molecule has 8 aromatic carbocycles. The third kappa shape index (κ3) is 3.79. The third-order valence-corrected chi connectivity index (χ3v) is 6.89. The Kier molecular flexibility index (Phi) is 2.13. The minimum atomic E-state index is -1.05. The van der Waals surface area contributed by atoms with Gasteiger partial charge in [0, 0.05) is 10.8 Å². The molecule has 1 heterocycles. The van der Waals surface area contributed by atoms with E-state index in [4.69, 9.17) is 29.1 Å². The van der Waals surface area contributed by atoms with Crippen LogP contribution in [0.1, 0.15) is 35.6 Å². The summed E-state index contributed by atoms with van der Waals surface area (Å²) in [6.07, 6.45) is 0. The molecule has 0 aliphatic heterocycles. The zero-order valence-electron chi connectivity index (χ0n) is 47.4. The average molecular weight is 573 g/mol. The van der Waals surface area contributed by atoms with E-state index in [0.717, 1.165) is 0 Å². The summed E-state index contributed by atoms with van der Waals surface area (Å²) in [6, 6.07) is -23.5. The van der Waals surface area contributed by atoms with Crippen molar-refractivity contribution in [3.8, 4) is 33.4 Å². The molecule has 0 amide bonds. The molecular formula is C42H26O. The molecule has 9 rings (SSSR count). The van der Waals surface area contributed by atoms with Crippen molar-refractivity contribution < 1.29 is 40.1 Å². The summed E-state index contributed by atoms with van der Waals surface area (Å²) in [5.41, 5.74) is -5.74. The molecule has 0 unspecified atom stereocenters. The van der Waals surface area contributed by atoms with Crippen molar-refractivity contribution in [1.82, 2.24) is 0 Å². The summed E-state index contributed by atoms with van der Waals surface area (Å²) in [5, 5.41) is -4.73. The fourth-order valence-corrected chi connectivity index (χ4v) is 5.05. The summed E-state index contributed by atoms with van der Waals surface area (Å²) in [7, 11) is 0.